The average molecular weight is 214 g/mol. The van der Waals surface area contributed by atoms with E-state index in [1.807, 2.05) is 19.0 Å². The Kier molecular flexibility index (Phi) is 3.32. The van der Waals surface area contributed by atoms with Gasteiger partial charge in [-0.3, -0.25) is 4.79 Å². The van der Waals surface area contributed by atoms with Crippen molar-refractivity contribution in [2.45, 2.75) is 6.54 Å². The van der Waals surface area contributed by atoms with Crippen molar-refractivity contribution in [2.75, 3.05) is 14.1 Å². The lowest BCUT2D eigenvalue weighted by atomic mass is 10.4. The van der Waals surface area contributed by atoms with Crippen molar-refractivity contribution in [2.24, 2.45) is 0 Å². The van der Waals surface area contributed by atoms with Crippen LogP contribution in [0, 0.1) is 0 Å². The van der Waals surface area contributed by atoms with Gasteiger partial charge in [0.2, 0.25) is 0 Å². The van der Waals surface area contributed by atoms with Crippen LogP contribution in [0.4, 0.5) is 0 Å². The van der Waals surface area contributed by atoms with Crippen LogP contribution in [-0.2, 0) is 11.3 Å². The molecule has 0 radical (unpaired) electrons. The number of ketones is 1. The third-order valence-corrected chi connectivity index (χ3v) is 2.39. The molecule has 0 spiro atoms. The molecule has 14 heavy (non-hydrogen) atoms. The molecule has 0 atom stereocenters. The van der Waals surface area contributed by atoms with Crippen molar-refractivity contribution in [1.82, 2.24) is 9.88 Å². The van der Waals surface area contributed by atoms with E-state index >= 15 is 0 Å². The number of Topliss-reactive ketones (excluding diaryl/α,β-unsaturated/α-hetero) is 1. The molecule has 5 nitrogen and oxygen atoms in total. The van der Waals surface area contributed by atoms with Gasteiger partial charge in [0.15, 0.2) is 5.01 Å². The Morgan fingerprint density at radius 1 is 1.57 bits per heavy atom. The Bertz CT molecular complexity index is 359. The molecule has 0 aliphatic heterocycles. The summed E-state index contributed by atoms with van der Waals surface area (Å²) in [6, 6.07) is 0. The first kappa shape index (κ1) is 10.8. The maximum Gasteiger partial charge on any atom is 0.379 e. The topological polar surface area (TPSA) is 70.5 Å². The van der Waals surface area contributed by atoms with Crippen LogP contribution < -0.4 is 0 Å². The summed E-state index contributed by atoms with van der Waals surface area (Å²) in [5.74, 6) is -2.41. The SMILES string of the molecule is CN(C)Cc1cnc(C(=O)C(=O)O)s1. The number of carboxylic acid groups (broad SMARTS) is 1. The molecule has 6 heteroatoms. The van der Waals surface area contributed by atoms with Gasteiger partial charge in [0, 0.05) is 17.6 Å². The standard InChI is InChI=1S/C8H10N2O3S/c1-10(2)4-5-3-9-7(14-5)6(11)8(12)13/h3H,4H2,1-2H3,(H,12,13). The fourth-order valence-electron chi connectivity index (χ4n) is 0.889. The molecule has 0 aliphatic rings. The Labute approximate surface area is 85.0 Å². The number of hydrogen-bond acceptors (Lipinski definition) is 5. The van der Waals surface area contributed by atoms with E-state index in [0.29, 0.717) is 6.54 Å². The number of aliphatic carboxylic acids is 1. The highest BCUT2D eigenvalue weighted by Crippen LogP contribution is 2.14. The molecule has 0 aromatic carbocycles. The van der Waals surface area contributed by atoms with Crippen molar-refractivity contribution in [1.29, 1.82) is 0 Å². The van der Waals surface area contributed by atoms with Crippen LogP contribution in [0.15, 0.2) is 6.20 Å². The number of aromatic nitrogens is 1. The van der Waals surface area contributed by atoms with Crippen LogP contribution in [0.25, 0.3) is 0 Å². The minimum atomic E-state index is -1.46. The van der Waals surface area contributed by atoms with Gasteiger partial charge in [0.05, 0.1) is 0 Å². The smallest absolute Gasteiger partial charge is 0.379 e. The van der Waals surface area contributed by atoms with Crippen molar-refractivity contribution in [3.05, 3.63) is 16.1 Å². The summed E-state index contributed by atoms with van der Waals surface area (Å²) in [5.41, 5.74) is 0. The molecular formula is C8H10N2O3S. The molecular weight excluding hydrogens is 204 g/mol. The summed E-state index contributed by atoms with van der Waals surface area (Å²) in [5, 5.41) is 8.47. The van der Waals surface area contributed by atoms with Gasteiger partial charge in [-0.1, -0.05) is 0 Å². The third-order valence-electron chi connectivity index (χ3n) is 1.41. The lowest BCUT2D eigenvalue weighted by Gasteiger charge is -2.05. The number of nitrogens with zero attached hydrogens (tertiary/aromatic N) is 2. The molecule has 1 rings (SSSR count). The Balaban J connectivity index is 2.78. The highest BCUT2D eigenvalue weighted by atomic mass is 32.1. The van der Waals surface area contributed by atoms with E-state index in [-0.39, 0.29) is 5.01 Å². The Morgan fingerprint density at radius 2 is 2.21 bits per heavy atom. The van der Waals surface area contributed by atoms with E-state index in [1.54, 1.807) is 0 Å². The summed E-state index contributed by atoms with van der Waals surface area (Å²) < 4.78 is 0. The fraction of sp³-hybridized carbons (Fsp3) is 0.375. The van der Waals surface area contributed by atoms with E-state index in [4.69, 9.17) is 5.11 Å². The number of carboxylic acids is 1. The number of carbonyl (C=O) groups is 2. The molecule has 0 aliphatic carbocycles. The van der Waals surface area contributed by atoms with Gasteiger partial charge in [-0.2, -0.15) is 0 Å². The maximum atomic E-state index is 11.0. The Morgan fingerprint density at radius 3 is 2.71 bits per heavy atom. The van der Waals surface area contributed by atoms with Crippen LogP contribution in [0.2, 0.25) is 0 Å². The highest BCUT2D eigenvalue weighted by Gasteiger charge is 2.18. The lowest BCUT2D eigenvalue weighted by molar-refractivity contribution is -0.131. The maximum absolute atomic E-state index is 11.0. The molecule has 0 fully saturated rings. The molecule has 0 amide bonds. The van der Waals surface area contributed by atoms with Gasteiger partial charge >= 0.3 is 5.97 Å². The summed E-state index contributed by atoms with van der Waals surface area (Å²) in [6.45, 7) is 0.657. The molecule has 1 aromatic heterocycles. The second-order valence-corrected chi connectivity index (χ2v) is 4.12. The molecule has 1 heterocycles. The molecule has 0 bridgehead atoms. The average Bonchev–Trinajstić information content (AvgIpc) is 2.50. The molecule has 0 saturated carbocycles. The quantitative estimate of drug-likeness (QED) is 0.583. The minimum absolute atomic E-state index is 0.0364. The zero-order valence-electron chi connectivity index (χ0n) is 7.85. The van der Waals surface area contributed by atoms with Crippen LogP contribution in [-0.4, -0.2) is 40.8 Å². The molecule has 0 saturated heterocycles. The first-order chi connectivity index (χ1) is 6.50. The van der Waals surface area contributed by atoms with Crippen molar-refractivity contribution >= 4 is 23.1 Å². The van der Waals surface area contributed by atoms with Crippen LogP contribution in [0.5, 0.6) is 0 Å². The normalized spacial score (nSPS) is 10.5. The van der Waals surface area contributed by atoms with Gasteiger partial charge in [-0.05, 0) is 14.1 Å². The second-order valence-electron chi connectivity index (χ2n) is 3.00. The minimum Gasteiger partial charge on any atom is -0.475 e. The number of carbonyl (C=O) groups excluding carboxylic acids is 1. The fourth-order valence-corrected chi connectivity index (χ4v) is 1.85. The van der Waals surface area contributed by atoms with Gasteiger partial charge in [-0.25, -0.2) is 9.78 Å². The van der Waals surface area contributed by atoms with E-state index < -0.39 is 11.8 Å². The van der Waals surface area contributed by atoms with Gasteiger partial charge in [-0.15, -0.1) is 11.3 Å². The van der Waals surface area contributed by atoms with Crippen molar-refractivity contribution in [3.63, 3.8) is 0 Å². The number of hydrogen-bond donors (Lipinski definition) is 1. The highest BCUT2D eigenvalue weighted by molar-refractivity contribution is 7.14. The zero-order chi connectivity index (χ0) is 10.7. The largest absolute Gasteiger partial charge is 0.475 e. The van der Waals surface area contributed by atoms with Crippen molar-refractivity contribution in [3.8, 4) is 0 Å². The monoisotopic (exact) mass is 214 g/mol. The first-order valence-corrected chi connectivity index (χ1v) is 4.69. The van der Waals surface area contributed by atoms with E-state index in [2.05, 4.69) is 4.98 Å². The summed E-state index contributed by atoms with van der Waals surface area (Å²) in [7, 11) is 3.77. The summed E-state index contributed by atoms with van der Waals surface area (Å²) >= 11 is 1.11. The number of rotatable bonds is 4. The third kappa shape index (κ3) is 2.61. The van der Waals surface area contributed by atoms with E-state index in [9.17, 15) is 9.59 Å². The van der Waals surface area contributed by atoms with Gasteiger partial charge in [0.1, 0.15) is 0 Å². The number of thiazole rings is 1. The van der Waals surface area contributed by atoms with Gasteiger partial charge < -0.3 is 10.0 Å². The van der Waals surface area contributed by atoms with E-state index in [0.717, 1.165) is 16.2 Å². The predicted molar refractivity (Wildman–Crippen MR) is 51.5 cm³/mol. The molecule has 0 unspecified atom stereocenters. The summed E-state index contributed by atoms with van der Waals surface area (Å²) in [4.78, 5) is 27.9. The van der Waals surface area contributed by atoms with Crippen LogP contribution in [0.3, 0.4) is 0 Å². The Hall–Kier alpha value is -1.27. The van der Waals surface area contributed by atoms with Crippen LogP contribution in [0.1, 0.15) is 14.7 Å². The van der Waals surface area contributed by atoms with Crippen molar-refractivity contribution < 1.29 is 14.7 Å². The molecule has 76 valence electrons. The zero-order valence-corrected chi connectivity index (χ0v) is 8.67. The second kappa shape index (κ2) is 4.30. The first-order valence-electron chi connectivity index (χ1n) is 3.87. The summed E-state index contributed by atoms with van der Waals surface area (Å²) in [6.07, 6.45) is 1.53. The molecule has 1 N–H and O–H groups in total. The molecule has 1 aromatic rings. The van der Waals surface area contributed by atoms with Crippen LogP contribution >= 0.6 is 11.3 Å². The predicted octanol–water partition coefficient (Wildman–Crippen LogP) is 0.472. The van der Waals surface area contributed by atoms with E-state index in [1.165, 1.54) is 6.20 Å². The van der Waals surface area contributed by atoms with Gasteiger partial charge in [0.25, 0.3) is 5.78 Å². The lowest BCUT2D eigenvalue weighted by Crippen LogP contribution is -2.12.